The molecule has 1 aliphatic heterocycles. The zero-order valence-electron chi connectivity index (χ0n) is 5.94. The maximum atomic E-state index is 9.05. The largest absolute Gasteiger partial charge is 0.395 e. The average molecular weight is 144 g/mol. The Morgan fingerprint density at radius 2 is 2.30 bits per heavy atom. The van der Waals surface area contributed by atoms with Gasteiger partial charge in [0.25, 0.3) is 0 Å². The van der Waals surface area contributed by atoms with Crippen LogP contribution < -0.4 is 0 Å². The molecule has 0 aromatic carbocycles. The smallest absolute Gasteiger partial charge is 0.0578 e. The Morgan fingerprint density at radius 1 is 1.60 bits per heavy atom. The van der Waals surface area contributed by atoms with E-state index in [0.29, 0.717) is 6.54 Å². The van der Waals surface area contributed by atoms with Gasteiger partial charge in [0.1, 0.15) is 0 Å². The van der Waals surface area contributed by atoms with Crippen LogP contribution in [0.5, 0.6) is 0 Å². The SMILES string of the molecule is CC1C=CN(O)N1CCO. The average Bonchev–Trinajstić information content (AvgIpc) is 2.20. The third-order valence-electron chi connectivity index (χ3n) is 1.56. The Morgan fingerprint density at radius 3 is 2.70 bits per heavy atom. The van der Waals surface area contributed by atoms with E-state index in [9.17, 15) is 0 Å². The van der Waals surface area contributed by atoms with Gasteiger partial charge >= 0.3 is 0 Å². The molecule has 0 aromatic heterocycles. The predicted molar refractivity (Wildman–Crippen MR) is 36.0 cm³/mol. The highest BCUT2D eigenvalue weighted by atomic mass is 16.5. The van der Waals surface area contributed by atoms with Crippen LogP contribution in [0.3, 0.4) is 0 Å². The first-order chi connectivity index (χ1) is 4.75. The van der Waals surface area contributed by atoms with Crippen LogP contribution >= 0.6 is 0 Å². The predicted octanol–water partition coefficient (Wildman–Crippen LogP) is -0.197. The van der Waals surface area contributed by atoms with Gasteiger partial charge in [-0.25, -0.2) is 0 Å². The molecule has 2 N–H and O–H groups in total. The Hall–Kier alpha value is -0.580. The van der Waals surface area contributed by atoms with Crippen LogP contribution in [-0.4, -0.2) is 39.7 Å². The summed E-state index contributed by atoms with van der Waals surface area (Å²) in [5.41, 5.74) is 0. The number of hydrogen-bond acceptors (Lipinski definition) is 4. The molecular formula is C6H12N2O2. The van der Waals surface area contributed by atoms with E-state index in [1.165, 1.54) is 0 Å². The standard InChI is InChI=1S/C6H12N2O2/c1-6-2-3-8(10)7(6)4-5-9/h2-3,6,9-10H,4-5H2,1H3. The molecule has 0 aliphatic carbocycles. The molecule has 4 nitrogen and oxygen atoms in total. The van der Waals surface area contributed by atoms with Crippen molar-refractivity contribution in [2.45, 2.75) is 13.0 Å². The molecule has 0 amide bonds. The number of rotatable bonds is 2. The minimum absolute atomic E-state index is 0.0586. The second-order valence-electron chi connectivity index (χ2n) is 2.29. The van der Waals surface area contributed by atoms with Crippen molar-refractivity contribution in [3.8, 4) is 0 Å². The van der Waals surface area contributed by atoms with Gasteiger partial charge in [0.2, 0.25) is 0 Å². The summed E-state index contributed by atoms with van der Waals surface area (Å²) in [4.78, 5) is 0. The zero-order valence-corrected chi connectivity index (χ0v) is 5.94. The summed E-state index contributed by atoms with van der Waals surface area (Å²) < 4.78 is 0. The molecule has 0 spiro atoms. The van der Waals surface area contributed by atoms with Crippen LogP contribution in [0.1, 0.15) is 6.92 Å². The third kappa shape index (κ3) is 1.29. The molecule has 1 unspecified atom stereocenters. The quantitative estimate of drug-likeness (QED) is 0.563. The Balaban J connectivity index is 2.43. The molecule has 0 aromatic rings. The van der Waals surface area contributed by atoms with Crippen molar-refractivity contribution in [1.29, 1.82) is 0 Å². The molecular weight excluding hydrogens is 132 g/mol. The van der Waals surface area contributed by atoms with Gasteiger partial charge in [-0.2, -0.15) is 10.2 Å². The highest BCUT2D eigenvalue weighted by Crippen LogP contribution is 2.10. The van der Waals surface area contributed by atoms with Gasteiger partial charge in [0.15, 0.2) is 0 Å². The molecule has 10 heavy (non-hydrogen) atoms. The molecule has 1 heterocycles. The number of β-amino-alcohol motifs (C(OH)–C–C–N with tert-alkyl or cyclic N) is 1. The number of hydrazine groups is 1. The van der Waals surface area contributed by atoms with Crippen molar-refractivity contribution in [3.63, 3.8) is 0 Å². The monoisotopic (exact) mass is 144 g/mol. The normalized spacial score (nSPS) is 26.3. The molecule has 0 saturated heterocycles. The number of aliphatic hydroxyl groups is 1. The fourth-order valence-electron chi connectivity index (χ4n) is 0.982. The van der Waals surface area contributed by atoms with E-state index in [1.807, 2.05) is 13.0 Å². The van der Waals surface area contributed by atoms with Crippen molar-refractivity contribution >= 4 is 0 Å². The van der Waals surface area contributed by atoms with Gasteiger partial charge in [-0.05, 0) is 13.0 Å². The van der Waals surface area contributed by atoms with E-state index < -0.39 is 0 Å². The van der Waals surface area contributed by atoms with Gasteiger partial charge in [0, 0.05) is 18.8 Å². The second kappa shape index (κ2) is 3.01. The van der Waals surface area contributed by atoms with E-state index in [2.05, 4.69) is 0 Å². The van der Waals surface area contributed by atoms with Crippen molar-refractivity contribution in [2.75, 3.05) is 13.2 Å². The summed E-state index contributed by atoms with van der Waals surface area (Å²) in [7, 11) is 0. The maximum absolute atomic E-state index is 9.05. The van der Waals surface area contributed by atoms with Crippen LogP contribution in [0.15, 0.2) is 12.3 Å². The molecule has 0 bridgehead atoms. The maximum Gasteiger partial charge on any atom is 0.0578 e. The first kappa shape index (κ1) is 7.53. The lowest BCUT2D eigenvalue weighted by molar-refractivity contribution is -0.205. The molecule has 0 saturated carbocycles. The van der Waals surface area contributed by atoms with Crippen LogP contribution in [0, 0.1) is 0 Å². The van der Waals surface area contributed by atoms with Crippen LogP contribution in [-0.2, 0) is 0 Å². The lowest BCUT2D eigenvalue weighted by Crippen LogP contribution is -2.39. The summed E-state index contributed by atoms with van der Waals surface area (Å²) in [6, 6.07) is 0.178. The minimum Gasteiger partial charge on any atom is -0.395 e. The van der Waals surface area contributed by atoms with E-state index in [0.717, 1.165) is 5.17 Å². The fourth-order valence-corrected chi connectivity index (χ4v) is 0.982. The van der Waals surface area contributed by atoms with E-state index in [4.69, 9.17) is 10.3 Å². The van der Waals surface area contributed by atoms with Crippen molar-refractivity contribution < 1.29 is 10.3 Å². The summed E-state index contributed by atoms with van der Waals surface area (Å²) in [6.07, 6.45) is 3.43. The first-order valence-corrected chi connectivity index (χ1v) is 3.29. The summed E-state index contributed by atoms with van der Waals surface area (Å²) in [5, 5.41) is 20.3. The van der Waals surface area contributed by atoms with Crippen LogP contribution in [0.2, 0.25) is 0 Å². The topological polar surface area (TPSA) is 46.9 Å². The lowest BCUT2D eigenvalue weighted by atomic mass is 10.3. The van der Waals surface area contributed by atoms with E-state index in [-0.39, 0.29) is 12.6 Å². The summed E-state index contributed by atoms with van der Waals surface area (Å²) in [6.45, 7) is 2.47. The lowest BCUT2D eigenvalue weighted by Gasteiger charge is -2.25. The Kier molecular flexibility index (Phi) is 2.26. The molecule has 1 aliphatic rings. The summed E-state index contributed by atoms with van der Waals surface area (Å²) >= 11 is 0. The number of hydrogen-bond donors (Lipinski definition) is 2. The zero-order chi connectivity index (χ0) is 7.56. The number of aliphatic hydroxyl groups excluding tert-OH is 1. The van der Waals surface area contributed by atoms with E-state index in [1.54, 1.807) is 11.2 Å². The van der Waals surface area contributed by atoms with Crippen LogP contribution in [0.25, 0.3) is 0 Å². The first-order valence-electron chi connectivity index (χ1n) is 3.29. The molecule has 0 radical (unpaired) electrons. The molecule has 4 heteroatoms. The van der Waals surface area contributed by atoms with Gasteiger partial charge in [-0.15, -0.1) is 0 Å². The van der Waals surface area contributed by atoms with Crippen molar-refractivity contribution in [1.82, 2.24) is 10.2 Å². The molecule has 1 atom stereocenters. The minimum atomic E-state index is 0.0586. The number of nitrogens with zero attached hydrogens (tertiary/aromatic N) is 2. The Labute approximate surface area is 59.9 Å². The molecule has 1 rings (SSSR count). The summed E-state index contributed by atoms with van der Waals surface area (Å²) in [5.74, 6) is 0. The highest BCUT2D eigenvalue weighted by molar-refractivity contribution is 4.95. The Bertz CT molecular complexity index is 126. The van der Waals surface area contributed by atoms with Gasteiger partial charge in [-0.1, -0.05) is 0 Å². The highest BCUT2D eigenvalue weighted by Gasteiger charge is 2.19. The van der Waals surface area contributed by atoms with Gasteiger partial charge < -0.3 is 5.11 Å². The van der Waals surface area contributed by atoms with Crippen LogP contribution in [0.4, 0.5) is 0 Å². The molecule has 0 fully saturated rings. The van der Waals surface area contributed by atoms with Crippen molar-refractivity contribution in [2.24, 2.45) is 0 Å². The van der Waals surface area contributed by atoms with Crippen molar-refractivity contribution in [3.05, 3.63) is 12.3 Å². The van der Waals surface area contributed by atoms with Gasteiger partial charge in [0.05, 0.1) is 6.61 Å². The van der Waals surface area contributed by atoms with Gasteiger partial charge in [-0.3, -0.25) is 5.21 Å². The molecule has 58 valence electrons. The number of hydroxylamine groups is 1. The third-order valence-corrected chi connectivity index (χ3v) is 1.56. The second-order valence-corrected chi connectivity index (χ2v) is 2.29. The fraction of sp³-hybridized carbons (Fsp3) is 0.667. The van der Waals surface area contributed by atoms with E-state index >= 15 is 0 Å².